The Labute approximate surface area is 119 Å². The van der Waals surface area contributed by atoms with Crippen molar-refractivity contribution in [3.63, 3.8) is 0 Å². The molecule has 0 unspecified atom stereocenters. The Hall–Kier alpha value is -1.89. The third-order valence-corrected chi connectivity index (χ3v) is 2.87. The summed E-state index contributed by atoms with van der Waals surface area (Å²) < 4.78 is 0. The molecule has 4 N–H and O–H groups in total. The number of anilines is 2. The maximum Gasteiger partial charge on any atom is 0.241 e. The lowest BCUT2D eigenvalue weighted by molar-refractivity contribution is -0.127. The molecule has 0 spiro atoms. The van der Waals surface area contributed by atoms with Crippen molar-refractivity contribution < 1.29 is 4.79 Å². The number of carbonyl (C=O) groups is 1. The molecule has 0 saturated heterocycles. The van der Waals surface area contributed by atoms with E-state index in [0.717, 1.165) is 0 Å². The van der Waals surface area contributed by atoms with Crippen LogP contribution < -0.4 is 16.6 Å². The second kappa shape index (κ2) is 6.51. The van der Waals surface area contributed by atoms with Gasteiger partial charge in [-0.25, -0.2) is 15.8 Å². The Morgan fingerprint density at radius 2 is 1.95 bits per heavy atom. The summed E-state index contributed by atoms with van der Waals surface area (Å²) in [5.74, 6) is 7.17. The summed E-state index contributed by atoms with van der Waals surface area (Å²) in [7, 11) is 1.76. The number of nitrogen functional groups attached to an aromatic ring is 1. The van der Waals surface area contributed by atoms with E-state index in [1.165, 1.54) is 0 Å². The lowest BCUT2D eigenvalue weighted by Crippen LogP contribution is -2.32. The summed E-state index contributed by atoms with van der Waals surface area (Å²) in [6, 6.07) is 1.68. The molecular formula is C13H24N6O. The van der Waals surface area contributed by atoms with Crippen molar-refractivity contribution in [2.75, 3.05) is 30.9 Å². The number of nitrogens with zero attached hydrogens (tertiary/aromatic N) is 3. The molecule has 0 fully saturated rings. The van der Waals surface area contributed by atoms with Crippen LogP contribution >= 0.6 is 0 Å². The van der Waals surface area contributed by atoms with Gasteiger partial charge in [-0.15, -0.1) is 0 Å². The van der Waals surface area contributed by atoms with Gasteiger partial charge in [0, 0.05) is 25.1 Å². The van der Waals surface area contributed by atoms with Gasteiger partial charge in [0.05, 0.1) is 6.54 Å². The molecule has 0 aromatic carbocycles. The molecule has 0 bridgehead atoms. The first-order valence-corrected chi connectivity index (χ1v) is 6.62. The van der Waals surface area contributed by atoms with Gasteiger partial charge >= 0.3 is 0 Å². The molecule has 20 heavy (non-hydrogen) atoms. The first-order chi connectivity index (χ1) is 9.27. The third-order valence-electron chi connectivity index (χ3n) is 2.87. The summed E-state index contributed by atoms with van der Waals surface area (Å²) in [5, 5.41) is 3.01. The molecule has 0 saturated carbocycles. The first kappa shape index (κ1) is 16.2. The van der Waals surface area contributed by atoms with Crippen LogP contribution in [0.2, 0.25) is 0 Å². The number of hydrogen-bond donors (Lipinski definition) is 3. The molecule has 7 nitrogen and oxygen atoms in total. The second-order valence-corrected chi connectivity index (χ2v) is 5.62. The van der Waals surface area contributed by atoms with Crippen molar-refractivity contribution in [2.45, 2.75) is 33.1 Å². The topological polar surface area (TPSA) is 96.2 Å². The zero-order chi connectivity index (χ0) is 15.3. The second-order valence-electron chi connectivity index (χ2n) is 5.62. The van der Waals surface area contributed by atoms with Crippen LogP contribution in [0.3, 0.4) is 0 Å². The summed E-state index contributed by atoms with van der Waals surface area (Å²) in [6.07, 6.45) is 0. The third kappa shape index (κ3) is 4.34. The van der Waals surface area contributed by atoms with E-state index in [0.29, 0.717) is 24.0 Å². The summed E-state index contributed by atoms with van der Waals surface area (Å²) in [5.41, 5.74) is 2.31. The minimum atomic E-state index is -0.201. The highest BCUT2D eigenvalue weighted by Crippen LogP contribution is 2.21. The normalized spacial score (nSPS) is 11.1. The number of nitrogens with one attached hydrogen (secondary N) is 2. The number of hydrazine groups is 1. The van der Waals surface area contributed by atoms with Crippen molar-refractivity contribution in [1.82, 2.24) is 14.9 Å². The Morgan fingerprint density at radius 1 is 1.35 bits per heavy atom. The van der Waals surface area contributed by atoms with Gasteiger partial charge in [-0.3, -0.25) is 4.79 Å². The van der Waals surface area contributed by atoms with E-state index >= 15 is 0 Å². The summed E-state index contributed by atoms with van der Waals surface area (Å²) in [4.78, 5) is 22.1. The van der Waals surface area contributed by atoms with E-state index in [9.17, 15) is 4.79 Å². The van der Waals surface area contributed by atoms with Crippen molar-refractivity contribution in [1.29, 1.82) is 0 Å². The van der Waals surface area contributed by atoms with Crippen molar-refractivity contribution >= 4 is 17.5 Å². The highest BCUT2D eigenvalue weighted by molar-refractivity contribution is 5.80. The summed E-state index contributed by atoms with van der Waals surface area (Å²) >= 11 is 0. The zero-order valence-electron chi connectivity index (χ0n) is 12.8. The number of likely N-dealkylation sites (N-methyl/N-ethyl adjacent to an activating group) is 1. The number of carbonyl (C=O) groups excluding carboxylic acids is 1. The van der Waals surface area contributed by atoms with Crippen LogP contribution in [0.1, 0.15) is 33.5 Å². The van der Waals surface area contributed by atoms with Crippen molar-refractivity contribution in [3.8, 4) is 0 Å². The molecule has 0 aliphatic heterocycles. The Morgan fingerprint density at radius 3 is 2.45 bits per heavy atom. The lowest BCUT2D eigenvalue weighted by atomic mass is 9.96. The number of hydrogen-bond acceptors (Lipinski definition) is 6. The van der Waals surface area contributed by atoms with Gasteiger partial charge in [-0.1, -0.05) is 20.8 Å². The maximum atomic E-state index is 11.8. The SMILES string of the molecule is CCN(C)C(=O)CNc1cc(NN)nc(C(C)(C)C)n1. The van der Waals surface area contributed by atoms with Crippen LogP contribution in [0.15, 0.2) is 6.07 Å². The van der Waals surface area contributed by atoms with Gasteiger partial charge in [0.1, 0.15) is 17.5 Å². The predicted octanol–water partition coefficient (Wildman–Crippen LogP) is 0.950. The summed E-state index contributed by atoms with van der Waals surface area (Å²) in [6.45, 7) is 8.84. The van der Waals surface area contributed by atoms with Gasteiger partial charge in [0.25, 0.3) is 0 Å². The fraction of sp³-hybridized carbons (Fsp3) is 0.615. The Balaban J connectivity index is 2.87. The van der Waals surface area contributed by atoms with Crippen LogP contribution in [0.5, 0.6) is 0 Å². The van der Waals surface area contributed by atoms with E-state index in [1.54, 1.807) is 18.0 Å². The van der Waals surface area contributed by atoms with Crippen LogP contribution in [0.4, 0.5) is 11.6 Å². The highest BCUT2D eigenvalue weighted by Gasteiger charge is 2.19. The van der Waals surface area contributed by atoms with E-state index in [2.05, 4.69) is 20.7 Å². The molecule has 1 amide bonds. The standard InChI is InChI=1S/C13H24N6O/c1-6-19(5)11(20)8-15-9-7-10(18-14)17-12(16-9)13(2,3)4/h7H,6,8,14H2,1-5H3,(H2,15,16,17,18). The van der Waals surface area contributed by atoms with Gasteiger partial charge in [-0.05, 0) is 6.92 Å². The molecule has 0 aliphatic rings. The molecule has 0 aliphatic carbocycles. The average molecular weight is 280 g/mol. The van der Waals surface area contributed by atoms with Crippen molar-refractivity contribution in [2.24, 2.45) is 5.84 Å². The van der Waals surface area contributed by atoms with E-state index in [4.69, 9.17) is 5.84 Å². The fourth-order valence-electron chi connectivity index (χ4n) is 1.42. The van der Waals surface area contributed by atoms with E-state index < -0.39 is 0 Å². The largest absolute Gasteiger partial charge is 0.361 e. The van der Waals surface area contributed by atoms with Crippen LogP contribution in [0, 0.1) is 0 Å². The molecule has 1 heterocycles. The number of amides is 1. The first-order valence-electron chi connectivity index (χ1n) is 6.62. The van der Waals surface area contributed by atoms with Gasteiger partial charge in [-0.2, -0.15) is 0 Å². The lowest BCUT2D eigenvalue weighted by Gasteiger charge is -2.19. The molecule has 7 heteroatoms. The van der Waals surface area contributed by atoms with Crippen LogP contribution in [-0.4, -0.2) is 40.9 Å². The molecular weight excluding hydrogens is 256 g/mol. The minimum absolute atomic E-state index is 0.00526. The molecule has 1 aromatic rings. The molecule has 0 atom stereocenters. The molecule has 1 rings (SSSR count). The maximum absolute atomic E-state index is 11.8. The smallest absolute Gasteiger partial charge is 0.241 e. The van der Waals surface area contributed by atoms with E-state index in [-0.39, 0.29) is 17.9 Å². The number of aromatic nitrogens is 2. The zero-order valence-corrected chi connectivity index (χ0v) is 12.8. The quantitative estimate of drug-likeness (QED) is 0.549. The highest BCUT2D eigenvalue weighted by atomic mass is 16.2. The van der Waals surface area contributed by atoms with Crippen molar-refractivity contribution in [3.05, 3.63) is 11.9 Å². The average Bonchev–Trinajstić information content (AvgIpc) is 2.42. The van der Waals surface area contributed by atoms with Gasteiger partial charge < -0.3 is 15.6 Å². The van der Waals surface area contributed by atoms with Gasteiger partial charge in [0.2, 0.25) is 5.91 Å². The van der Waals surface area contributed by atoms with Crippen LogP contribution in [0.25, 0.3) is 0 Å². The number of rotatable bonds is 5. The minimum Gasteiger partial charge on any atom is -0.361 e. The van der Waals surface area contributed by atoms with Crippen LogP contribution in [-0.2, 0) is 10.2 Å². The number of nitrogens with two attached hydrogens (primary N) is 1. The monoisotopic (exact) mass is 280 g/mol. The van der Waals surface area contributed by atoms with E-state index in [1.807, 2.05) is 27.7 Å². The Kier molecular flexibility index (Phi) is 5.26. The fourth-order valence-corrected chi connectivity index (χ4v) is 1.42. The predicted molar refractivity (Wildman–Crippen MR) is 80.3 cm³/mol. The van der Waals surface area contributed by atoms with Gasteiger partial charge in [0.15, 0.2) is 0 Å². The molecule has 0 radical (unpaired) electrons. The molecule has 1 aromatic heterocycles. The Bertz CT molecular complexity index is 468. The molecule has 112 valence electrons.